The monoisotopic (exact) mass is 294 g/mol. The minimum atomic E-state index is -0.364. The number of aromatic nitrogens is 4. The quantitative estimate of drug-likeness (QED) is 0.548. The molecular formula is C16H14N4O2. The number of nitrogens with zero attached hydrogens (tertiary/aromatic N) is 4. The van der Waals surface area contributed by atoms with Crippen molar-refractivity contribution < 1.29 is 9.53 Å². The third-order valence-corrected chi connectivity index (χ3v) is 3.49. The zero-order chi connectivity index (χ0) is 15.5. The molecule has 3 aromatic rings. The molecule has 0 unspecified atom stereocenters. The molecule has 2 aromatic carbocycles. The van der Waals surface area contributed by atoms with Crippen molar-refractivity contribution in [3.63, 3.8) is 0 Å². The third kappa shape index (κ3) is 2.71. The Balaban J connectivity index is 1.78. The van der Waals surface area contributed by atoms with Gasteiger partial charge in [-0.1, -0.05) is 12.1 Å². The lowest BCUT2D eigenvalue weighted by molar-refractivity contribution is 0.0734. The summed E-state index contributed by atoms with van der Waals surface area (Å²) in [4.78, 5) is 12.2. The first-order valence-corrected chi connectivity index (χ1v) is 6.77. The fourth-order valence-corrected chi connectivity index (χ4v) is 2.08. The van der Waals surface area contributed by atoms with Gasteiger partial charge < -0.3 is 4.74 Å². The number of hydrogen-bond acceptors (Lipinski definition) is 5. The fourth-order valence-electron chi connectivity index (χ4n) is 2.08. The topological polar surface area (TPSA) is 69.9 Å². The Morgan fingerprint density at radius 1 is 1.09 bits per heavy atom. The van der Waals surface area contributed by atoms with E-state index in [1.807, 2.05) is 26.0 Å². The van der Waals surface area contributed by atoms with E-state index in [9.17, 15) is 4.79 Å². The first-order valence-electron chi connectivity index (χ1n) is 6.77. The van der Waals surface area contributed by atoms with Crippen LogP contribution in [0.3, 0.4) is 0 Å². The van der Waals surface area contributed by atoms with Gasteiger partial charge in [0.15, 0.2) is 0 Å². The number of esters is 1. The smallest absolute Gasteiger partial charge is 0.343 e. The van der Waals surface area contributed by atoms with Crippen molar-refractivity contribution >= 4 is 5.97 Å². The van der Waals surface area contributed by atoms with Gasteiger partial charge in [0.25, 0.3) is 0 Å². The summed E-state index contributed by atoms with van der Waals surface area (Å²) >= 11 is 0. The standard InChI is InChI=1S/C16H14N4O2/c1-11-4-3-5-15(12(11)2)16(21)22-14-8-6-13(7-9-14)20-10-17-18-19-20/h3-10H,1-2H3. The van der Waals surface area contributed by atoms with Gasteiger partial charge in [0.2, 0.25) is 0 Å². The summed E-state index contributed by atoms with van der Waals surface area (Å²) in [5.74, 6) is 0.110. The van der Waals surface area contributed by atoms with E-state index in [1.54, 1.807) is 30.3 Å². The lowest BCUT2D eigenvalue weighted by atomic mass is 10.0. The number of tetrazole rings is 1. The summed E-state index contributed by atoms with van der Waals surface area (Å²) in [6, 6.07) is 12.6. The predicted octanol–water partition coefficient (Wildman–Crippen LogP) is 2.50. The first kappa shape index (κ1) is 13.9. The Labute approximate surface area is 127 Å². The predicted molar refractivity (Wildman–Crippen MR) is 80.0 cm³/mol. The summed E-state index contributed by atoms with van der Waals surface area (Å²) in [6.07, 6.45) is 1.50. The number of carbonyl (C=O) groups is 1. The highest BCUT2D eigenvalue weighted by molar-refractivity contribution is 5.92. The maximum atomic E-state index is 12.2. The molecule has 0 aliphatic heterocycles. The molecule has 0 bridgehead atoms. The number of hydrogen-bond donors (Lipinski definition) is 0. The Morgan fingerprint density at radius 2 is 1.86 bits per heavy atom. The Bertz CT molecular complexity index is 796. The summed E-state index contributed by atoms with van der Waals surface area (Å²) in [5, 5.41) is 10.9. The summed E-state index contributed by atoms with van der Waals surface area (Å²) in [7, 11) is 0. The molecule has 6 heteroatoms. The molecule has 3 rings (SSSR count). The van der Waals surface area contributed by atoms with Crippen LogP contribution in [-0.4, -0.2) is 26.2 Å². The number of rotatable bonds is 3. The Kier molecular flexibility index (Phi) is 3.65. The van der Waals surface area contributed by atoms with Gasteiger partial charge in [-0.05, 0) is 65.7 Å². The molecule has 0 N–H and O–H groups in total. The van der Waals surface area contributed by atoms with Crippen molar-refractivity contribution in [3.8, 4) is 11.4 Å². The molecule has 0 aliphatic rings. The van der Waals surface area contributed by atoms with E-state index in [0.29, 0.717) is 11.3 Å². The molecule has 0 amide bonds. The molecule has 110 valence electrons. The van der Waals surface area contributed by atoms with Gasteiger partial charge in [-0.3, -0.25) is 0 Å². The van der Waals surface area contributed by atoms with E-state index in [4.69, 9.17) is 4.74 Å². The molecule has 0 radical (unpaired) electrons. The van der Waals surface area contributed by atoms with Crippen LogP contribution in [0.1, 0.15) is 21.5 Å². The van der Waals surface area contributed by atoms with Crippen LogP contribution in [-0.2, 0) is 0 Å². The Hall–Kier alpha value is -3.02. The summed E-state index contributed by atoms with van der Waals surface area (Å²) in [6.45, 7) is 3.87. The molecule has 1 heterocycles. The van der Waals surface area contributed by atoms with E-state index < -0.39 is 0 Å². The van der Waals surface area contributed by atoms with Crippen molar-refractivity contribution in [1.82, 2.24) is 20.2 Å². The highest BCUT2D eigenvalue weighted by atomic mass is 16.5. The molecule has 0 spiro atoms. The average molecular weight is 294 g/mol. The molecule has 6 nitrogen and oxygen atoms in total. The van der Waals surface area contributed by atoms with Gasteiger partial charge in [-0.25, -0.2) is 9.48 Å². The van der Waals surface area contributed by atoms with E-state index >= 15 is 0 Å². The molecular weight excluding hydrogens is 280 g/mol. The number of benzene rings is 2. The van der Waals surface area contributed by atoms with Crippen LogP contribution in [0.25, 0.3) is 5.69 Å². The number of aryl methyl sites for hydroxylation is 1. The number of ether oxygens (including phenoxy) is 1. The van der Waals surface area contributed by atoms with Crippen molar-refractivity contribution in [2.75, 3.05) is 0 Å². The van der Waals surface area contributed by atoms with E-state index in [-0.39, 0.29) is 5.97 Å². The zero-order valence-electron chi connectivity index (χ0n) is 12.2. The van der Waals surface area contributed by atoms with Gasteiger partial charge in [-0.15, -0.1) is 5.10 Å². The van der Waals surface area contributed by atoms with Crippen LogP contribution in [0, 0.1) is 13.8 Å². The van der Waals surface area contributed by atoms with Gasteiger partial charge in [0.05, 0.1) is 11.3 Å². The van der Waals surface area contributed by atoms with Crippen molar-refractivity contribution in [2.45, 2.75) is 13.8 Å². The van der Waals surface area contributed by atoms with Crippen molar-refractivity contribution in [1.29, 1.82) is 0 Å². The van der Waals surface area contributed by atoms with E-state index in [0.717, 1.165) is 16.8 Å². The minimum Gasteiger partial charge on any atom is -0.423 e. The molecule has 0 fully saturated rings. The second kappa shape index (κ2) is 5.77. The Morgan fingerprint density at radius 3 is 2.55 bits per heavy atom. The zero-order valence-corrected chi connectivity index (χ0v) is 12.2. The largest absolute Gasteiger partial charge is 0.423 e. The number of carbonyl (C=O) groups excluding carboxylic acids is 1. The summed E-state index contributed by atoms with van der Waals surface area (Å²) in [5.41, 5.74) is 3.35. The van der Waals surface area contributed by atoms with Crippen LogP contribution in [0.15, 0.2) is 48.8 Å². The maximum Gasteiger partial charge on any atom is 0.343 e. The van der Waals surface area contributed by atoms with Crippen molar-refractivity contribution in [3.05, 3.63) is 65.5 Å². The van der Waals surface area contributed by atoms with Crippen LogP contribution >= 0.6 is 0 Å². The van der Waals surface area contributed by atoms with Crippen LogP contribution in [0.2, 0.25) is 0 Å². The molecule has 1 aromatic heterocycles. The second-order valence-electron chi connectivity index (χ2n) is 4.89. The van der Waals surface area contributed by atoms with Gasteiger partial charge in [0.1, 0.15) is 12.1 Å². The molecule has 0 saturated carbocycles. The van der Waals surface area contributed by atoms with E-state index in [1.165, 1.54) is 11.0 Å². The molecule has 0 saturated heterocycles. The average Bonchev–Trinajstić information content (AvgIpc) is 3.05. The SMILES string of the molecule is Cc1cccc(C(=O)Oc2ccc(-n3cnnn3)cc2)c1C. The van der Waals surface area contributed by atoms with Gasteiger partial charge in [0, 0.05) is 0 Å². The van der Waals surface area contributed by atoms with Gasteiger partial charge in [-0.2, -0.15) is 0 Å². The lowest BCUT2D eigenvalue weighted by Gasteiger charge is -2.09. The van der Waals surface area contributed by atoms with Crippen LogP contribution in [0.5, 0.6) is 5.75 Å². The normalized spacial score (nSPS) is 10.5. The van der Waals surface area contributed by atoms with Gasteiger partial charge >= 0.3 is 5.97 Å². The molecule has 0 atom stereocenters. The maximum absolute atomic E-state index is 12.2. The highest BCUT2D eigenvalue weighted by Crippen LogP contribution is 2.18. The fraction of sp³-hybridized carbons (Fsp3) is 0.125. The van der Waals surface area contributed by atoms with Crippen molar-refractivity contribution in [2.24, 2.45) is 0 Å². The van der Waals surface area contributed by atoms with Crippen LogP contribution < -0.4 is 4.74 Å². The lowest BCUT2D eigenvalue weighted by Crippen LogP contribution is -2.11. The highest BCUT2D eigenvalue weighted by Gasteiger charge is 2.12. The van der Waals surface area contributed by atoms with Crippen LogP contribution in [0.4, 0.5) is 0 Å². The first-order chi connectivity index (χ1) is 10.6. The molecule has 22 heavy (non-hydrogen) atoms. The van der Waals surface area contributed by atoms with E-state index in [2.05, 4.69) is 15.5 Å². The summed E-state index contributed by atoms with van der Waals surface area (Å²) < 4.78 is 6.93. The minimum absolute atomic E-state index is 0.364. The molecule has 0 aliphatic carbocycles. The second-order valence-corrected chi connectivity index (χ2v) is 4.89. The third-order valence-electron chi connectivity index (χ3n) is 3.49.